The van der Waals surface area contributed by atoms with Crippen molar-refractivity contribution in [2.24, 2.45) is 0 Å². The Morgan fingerprint density at radius 3 is 2.59 bits per heavy atom. The fourth-order valence-corrected chi connectivity index (χ4v) is 1.81. The fraction of sp³-hybridized carbons (Fsp3) is 0.357. The predicted molar refractivity (Wildman–Crippen MR) is 71.7 cm³/mol. The zero-order chi connectivity index (χ0) is 12.3. The summed E-state index contributed by atoms with van der Waals surface area (Å²) >= 11 is 0. The SMILES string of the molecule is CCCCn1cc(N)c(-c2ccc(C)cc2)n1. The summed E-state index contributed by atoms with van der Waals surface area (Å²) in [6.07, 6.45) is 4.22. The quantitative estimate of drug-likeness (QED) is 0.874. The minimum absolute atomic E-state index is 0.755. The summed E-state index contributed by atoms with van der Waals surface area (Å²) in [5, 5.41) is 4.54. The number of aromatic nitrogens is 2. The summed E-state index contributed by atoms with van der Waals surface area (Å²) in [5.74, 6) is 0. The van der Waals surface area contributed by atoms with E-state index in [4.69, 9.17) is 5.73 Å². The number of nitrogens with two attached hydrogens (primary N) is 1. The average molecular weight is 229 g/mol. The molecule has 3 nitrogen and oxygen atoms in total. The van der Waals surface area contributed by atoms with E-state index in [-0.39, 0.29) is 0 Å². The standard InChI is InChI=1S/C14H19N3/c1-3-4-9-17-10-13(15)14(16-17)12-7-5-11(2)6-8-12/h5-8,10H,3-4,9,15H2,1-2H3. The third-order valence-electron chi connectivity index (χ3n) is 2.86. The molecule has 0 aliphatic rings. The molecule has 0 unspecified atom stereocenters. The summed E-state index contributed by atoms with van der Waals surface area (Å²) in [5.41, 5.74) is 9.98. The highest BCUT2D eigenvalue weighted by molar-refractivity contribution is 5.71. The van der Waals surface area contributed by atoms with Crippen LogP contribution in [-0.2, 0) is 6.54 Å². The molecule has 1 heterocycles. The smallest absolute Gasteiger partial charge is 0.115 e. The summed E-state index contributed by atoms with van der Waals surface area (Å²) in [4.78, 5) is 0. The molecule has 0 atom stereocenters. The maximum Gasteiger partial charge on any atom is 0.115 e. The molecule has 2 rings (SSSR count). The molecule has 0 radical (unpaired) electrons. The van der Waals surface area contributed by atoms with E-state index in [1.54, 1.807) is 0 Å². The Labute approximate surface area is 102 Å². The van der Waals surface area contributed by atoms with Gasteiger partial charge in [-0.3, -0.25) is 4.68 Å². The molecule has 0 bridgehead atoms. The maximum atomic E-state index is 6.00. The van der Waals surface area contributed by atoms with Crippen molar-refractivity contribution in [3.8, 4) is 11.3 Å². The Bertz CT molecular complexity index is 483. The molecule has 0 fully saturated rings. The maximum absolute atomic E-state index is 6.00. The van der Waals surface area contributed by atoms with Crippen LogP contribution >= 0.6 is 0 Å². The van der Waals surface area contributed by atoms with Crippen LogP contribution in [0.4, 0.5) is 5.69 Å². The van der Waals surface area contributed by atoms with Gasteiger partial charge in [0.05, 0.1) is 5.69 Å². The van der Waals surface area contributed by atoms with Gasteiger partial charge >= 0.3 is 0 Å². The van der Waals surface area contributed by atoms with Gasteiger partial charge in [-0.25, -0.2) is 0 Å². The molecule has 0 aliphatic carbocycles. The molecule has 90 valence electrons. The van der Waals surface area contributed by atoms with Crippen molar-refractivity contribution >= 4 is 5.69 Å². The van der Waals surface area contributed by atoms with E-state index in [0.29, 0.717) is 0 Å². The Balaban J connectivity index is 2.26. The van der Waals surface area contributed by atoms with E-state index in [1.165, 1.54) is 12.0 Å². The van der Waals surface area contributed by atoms with Gasteiger partial charge in [0, 0.05) is 18.3 Å². The topological polar surface area (TPSA) is 43.8 Å². The zero-order valence-corrected chi connectivity index (χ0v) is 10.5. The van der Waals surface area contributed by atoms with Crippen LogP contribution < -0.4 is 5.73 Å². The molecular weight excluding hydrogens is 210 g/mol. The largest absolute Gasteiger partial charge is 0.396 e. The van der Waals surface area contributed by atoms with Crippen molar-refractivity contribution < 1.29 is 0 Å². The number of aryl methyl sites for hydroxylation is 2. The number of nitrogens with zero attached hydrogens (tertiary/aromatic N) is 2. The molecule has 1 aromatic carbocycles. The van der Waals surface area contributed by atoms with Gasteiger partial charge in [-0.15, -0.1) is 0 Å². The minimum Gasteiger partial charge on any atom is -0.396 e. The molecule has 3 heteroatoms. The van der Waals surface area contributed by atoms with Crippen molar-refractivity contribution in [1.29, 1.82) is 0 Å². The van der Waals surface area contributed by atoms with Crippen molar-refractivity contribution in [1.82, 2.24) is 9.78 Å². The summed E-state index contributed by atoms with van der Waals surface area (Å²) < 4.78 is 1.94. The molecule has 2 aromatic rings. The van der Waals surface area contributed by atoms with E-state index < -0.39 is 0 Å². The normalized spacial score (nSPS) is 10.7. The lowest BCUT2D eigenvalue weighted by Crippen LogP contribution is -1.97. The summed E-state index contributed by atoms with van der Waals surface area (Å²) in [7, 11) is 0. The highest BCUT2D eigenvalue weighted by Gasteiger charge is 2.07. The van der Waals surface area contributed by atoms with Crippen molar-refractivity contribution in [3.63, 3.8) is 0 Å². The number of hydrogen-bond acceptors (Lipinski definition) is 2. The monoisotopic (exact) mass is 229 g/mol. The lowest BCUT2D eigenvalue weighted by atomic mass is 10.1. The van der Waals surface area contributed by atoms with Crippen molar-refractivity contribution in [2.45, 2.75) is 33.2 Å². The van der Waals surface area contributed by atoms with E-state index >= 15 is 0 Å². The second-order valence-corrected chi connectivity index (χ2v) is 4.42. The van der Waals surface area contributed by atoms with E-state index in [0.717, 1.165) is 29.9 Å². The molecule has 17 heavy (non-hydrogen) atoms. The zero-order valence-electron chi connectivity index (χ0n) is 10.5. The van der Waals surface area contributed by atoms with Gasteiger partial charge in [0.15, 0.2) is 0 Å². The van der Waals surface area contributed by atoms with Gasteiger partial charge in [0.25, 0.3) is 0 Å². The fourth-order valence-electron chi connectivity index (χ4n) is 1.81. The van der Waals surface area contributed by atoms with Crippen LogP contribution in [0.1, 0.15) is 25.3 Å². The molecule has 0 spiro atoms. The van der Waals surface area contributed by atoms with Crippen LogP contribution in [0.25, 0.3) is 11.3 Å². The Morgan fingerprint density at radius 1 is 1.24 bits per heavy atom. The van der Waals surface area contributed by atoms with Crippen LogP contribution in [0.2, 0.25) is 0 Å². The van der Waals surface area contributed by atoms with E-state index in [2.05, 4.69) is 43.2 Å². The van der Waals surface area contributed by atoms with Crippen LogP contribution in [0.15, 0.2) is 30.5 Å². The van der Waals surface area contributed by atoms with Gasteiger partial charge in [0.1, 0.15) is 5.69 Å². The molecule has 0 saturated carbocycles. The molecule has 0 amide bonds. The highest BCUT2D eigenvalue weighted by atomic mass is 15.3. The van der Waals surface area contributed by atoms with Crippen molar-refractivity contribution in [2.75, 3.05) is 5.73 Å². The molecule has 1 aromatic heterocycles. The predicted octanol–water partition coefficient (Wildman–Crippen LogP) is 3.24. The first kappa shape index (κ1) is 11.7. The summed E-state index contributed by atoms with van der Waals surface area (Å²) in [6.45, 7) is 5.19. The first-order valence-corrected chi connectivity index (χ1v) is 6.10. The third-order valence-corrected chi connectivity index (χ3v) is 2.86. The van der Waals surface area contributed by atoms with Crippen LogP contribution in [0.5, 0.6) is 0 Å². The van der Waals surface area contributed by atoms with E-state index in [1.807, 2.05) is 10.9 Å². The number of rotatable bonds is 4. The van der Waals surface area contributed by atoms with Gasteiger partial charge in [-0.1, -0.05) is 43.2 Å². The van der Waals surface area contributed by atoms with Crippen LogP contribution in [-0.4, -0.2) is 9.78 Å². The minimum atomic E-state index is 0.755. The third kappa shape index (κ3) is 2.67. The molecular formula is C14H19N3. The number of unbranched alkanes of at least 4 members (excludes halogenated alkanes) is 1. The van der Waals surface area contributed by atoms with Gasteiger partial charge in [-0.05, 0) is 13.3 Å². The van der Waals surface area contributed by atoms with Gasteiger partial charge in [-0.2, -0.15) is 5.10 Å². The van der Waals surface area contributed by atoms with Crippen molar-refractivity contribution in [3.05, 3.63) is 36.0 Å². The Kier molecular flexibility index (Phi) is 3.47. The lowest BCUT2D eigenvalue weighted by molar-refractivity contribution is 0.573. The molecule has 0 aliphatic heterocycles. The highest BCUT2D eigenvalue weighted by Crippen LogP contribution is 2.24. The van der Waals surface area contributed by atoms with Crippen LogP contribution in [0.3, 0.4) is 0 Å². The number of benzene rings is 1. The average Bonchev–Trinajstić information content (AvgIpc) is 2.69. The lowest BCUT2D eigenvalue weighted by Gasteiger charge is -2.00. The van der Waals surface area contributed by atoms with E-state index in [9.17, 15) is 0 Å². The number of anilines is 1. The molecule has 2 N–H and O–H groups in total. The first-order valence-electron chi connectivity index (χ1n) is 6.10. The van der Waals surface area contributed by atoms with Gasteiger partial charge < -0.3 is 5.73 Å². The number of nitrogen functional groups attached to an aromatic ring is 1. The second-order valence-electron chi connectivity index (χ2n) is 4.42. The summed E-state index contributed by atoms with van der Waals surface area (Å²) in [6, 6.07) is 8.30. The van der Waals surface area contributed by atoms with Crippen LogP contribution in [0, 0.1) is 6.92 Å². The number of hydrogen-bond donors (Lipinski definition) is 1. The first-order chi connectivity index (χ1) is 8.20. The Morgan fingerprint density at radius 2 is 1.94 bits per heavy atom. The molecule has 0 saturated heterocycles. The Hall–Kier alpha value is -1.77. The van der Waals surface area contributed by atoms with Gasteiger partial charge in [0.2, 0.25) is 0 Å². The second kappa shape index (κ2) is 5.04.